The maximum atomic E-state index is 11.1. The first kappa shape index (κ1) is 12.2. The van der Waals surface area contributed by atoms with Gasteiger partial charge < -0.3 is 9.84 Å². The minimum Gasteiger partial charge on any atom is -0.496 e. The van der Waals surface area contributed by atoms with Crippen LogP contribution in [0.25, 0.3) is 0 Å². The molecule has 86 valence electrons. The van der Waals surface area contributed by atoms with Gasteiger partial charge in [-0.1, -0.05) is 18.2 Å². The monoisotopic (exact) mass is 222 g/mol. The number of carboxylic acids is 1. The minimum atomic E-state index is -1.01. The standard InChI is InChI=1S/C12H14O4/c1-8(13)7-10(12(14)15)9-5-3-4-6-11(9)16-2/h3-6,10H,7H2,1-2H3,(H,14,15). The molecule has 0 heterocycles. The molecule has 0 aliphatic rings. The van der Waals surface area contributed by atoms with Crippen LogP contribution in [0.15, 0.2) is 24.3 Å². The fraction of sp³-hybridized carbons (Fsp3) is 0.333. The van der Waals surface area contributed by atoms with Crippen molar-refractivity contribution in [2.24, 2.45) is 0 Å². The van der Waals surface area contributed by atoms with Crippen molar-refractivity contribution < 1.29 is 19.4 Å². The van der Waals surface area contributed by atoms with Gasteiger partial charge in [0.25, 0.3) is 0 Å². The summed E-state index contributed by atoms with van der Waals surface area (Å²) in [4.78, 5) is 22.1. The Balaban J connectivity index is 3.10. The molecule has 0 radical (unpaired) electrons. The summed E-state index contributed by atoms with van der Waals surface area (Å²) < 4.78 is 5.08. The average Bonchev–Trinajstić information content (AvgIpc) is 2.25. The molecule has 1 N–H and O–H groups in total. The Morgan fingerprint density at radius 3 is 2.50 bits per heavy atom. The largest absolute Gasteiger partial charge is 0.496 e. The molecule has 0 saturated carbocycles. The van der Waals surface area contributed by atoms with Crippen molar-refractivity contribution in [1.82, 2.24) is 0 Å². The van der Waals surface area contributed by atoms with Crippen molar-refractivity contribution in [3.05, 3.63) is 29.8 Å². The normalized spacial score (nSPS) is 11.9. The van der Waals surface area contributed by atoms with E-state index in [9.17, 15) is 9.59 Å². The van der Waals surface area contributed by atoms with Crippen LogP contribution in [0.1, 0.15) is 24.8 Å². The first-order valence-electron chi connectivity index (χ1n) is 4.91. The number of hydrogen-bond donors (Lipinski definition) is 1. The molecule has 4 heteroatoms. The van der Waals surface area contributed by atoms with Gasteiger partial charge in [0, 0.05) is 12.0 Å². The summed E-state index contributed by atoms with van der Waals surface area (Å²) in [6, 6.07) is 6.84. The fourth-order valence-electron chi connectivity index (χ4n) is 1.57. The summed E-state index contributed by atoms with van der Waals surface area (Å²) in [5, 5.41) is 9.09. The third kappa shape index (κ3) is 2.82. The highest BCUT2D eigenvalue weighted by atomic mass is 16.5. The van der Waals surface area contributed by atoms with Crippen LogP contribution in [0.5, 0.6) is 5.75 Å². The van der Waals surface area contributed by atoms with Crippen LogP contribution < -0.4 is 4.74 Å². The Labute approximate surface area is 93.9 Å². The molecule has 0 aliphatic carbocycles. The van der Waals surface area contributed by atoms with Crippen molar-refractivity contribution in [3.63, 3.8) is 0 Å². The number of para-hydroxylation sites is 1. The Bertz CT molecular complexity index is 398. The summed E-state index contributed by atoms with van der Waals surface area (Å²) in [7, 11) is 1.48. The van der Waals surface area contributed by atoms with Crippen molar-refractivity contribution in [1.29, 1.82) is 0 Å². The highest BCUT2D eigenvalue weighted by Gasteiger charge is 2.24. The van der Waals surface area contributed by atoms with Crippen molar-refractivity contribution in [2.45, 2.75) is 19.3 Å². The Kier molecular flexibility index (Phi) is 4.05. The predicted molar refractivity (Wildman–Crippen MR) is 58.7 cm³/mol. The van der Waals surface area contributed by atoms with Crippen LogP contribution >= 0.6 is 0 Å². The lowest BCUT2D eigenvalue weighted by molar-refractivity contribution is -0.140. The average molecular weight is 222 g/mol. The molecule has 1 aromatic rings. The number of carbonyl (C=O) groups is 2. The van der Waals surface area contributed by atoms with E-state index in [4.69, 9.17) is 9.84 Å². The molecular weight excluding hydrogens is 208 g/mol. The second-order valence-electron chi connectivity index (χ2n) is 3.54. The van der Waals surface area contributed by atoms with Crippen LogP contribution in [0.4, 0.5) is 0 Å². The number of methoxy groups -OCH3 is 1. The lowest BCUT2D eigenvalue weighted by Crippen LogP contribution is -2.15. The minimum absolute atomic E-state index is 0.0181. The van der Waals surface area contributed by atoms with E-state index in [1.165, 1.54) is 14.0 Å². The third-order valence-electron chi connectivity index (χ3n) is 2.30. The second kappa shape index (κ2) is 5.30. The van der Waals surface area contributed by atoms with Crippen LogP contribution in [0, 0.1) is 0 Å². The number of carbonyl (C=O) groups excluding carboxylic acids is 1. The molecule has 0 aromatic heterocycles. The molecule has 1 aromatic carbocycles. The number of ketones is 1. The Morgan fingerprint density at radius 2 is 2.00 bits per heavy atom. The SMILES string of the molecule is COc1ccccc1C(CC(C)=O)C(=O)O. The zero-order chi connectivity index (χ0) is 12.1. The number of benzene rings is 1. The zero-order valence-corrected chi connectivity index (χ0v) is 9.27. The van der Waals surface area contributed by atoms with Gasteiger partial charge in [0.1, 0.15) is 11.5 Å². The summed E-state index contributed by atoms with van der Waals surface area (Å²) in [6.45, 7) is 1.38. The first-order valence-corrected chi connectivity index (χ1v) is 4.91. The van der Waals surface area contributed by atoms with E-state index in [-0.39, 0.29) is 12.2 Å². The lowest BCUT2D eigenvalue weighted by Gasteiger charge is -2.14. The summed E-state index contributed by atoms with van der Waals surface area (Å²) in [6.07, 6.45) is -0.0181. The van der Waals surface area contributed by atoms with E-state index < -0.39 is 11.9 Å². The van der Waals surface area contributed by atoms with Gasteiger partial charge in [0.2, 0.25) is 0 Å². The number of rotatable bonds is 5. The molecule has 0 amide bonds. The topological polar surface area (TPSA) is 63.6 Å². The van der Waals surface area contributed by atoms with Gasteiger partial charge in [-0.05, 0) is 13.0 Å². The van der Waals surface area contributed by atoms with E-state index in [2.05, 4.69) is 0 Å². The van der Waals surface area contributed by atoms with Crippen LogP contribution in [0.2, 0.25) is 0 Å². The highest BCUT2D eigenvalue weighted by molar-refractivity contribution is 5.86. The van der Waals surface area contributed by atoms with E-state index in [0.29, 0.717) is 11.3 Å². The van der Waals surface area contributed by atoms with E-state index >= 15 is 0 Å². The summed E-state index contributed by atoms with van der Waals surface area (Å²) in [5.74, 6) is -1.51. The Hall–Kier alpha value is -1.84. The van der Waals surface area contributed by atoms with E-state index in [1.54, 1.807) is 24.3 Å². The Morgan fingerprint density at radius 1 is 1.38 bits per heavy atom. The van der Waals surface area contributed by atoms with Gasteiger partial charge in [-0.2, -0.15) is 0 Å². The molecule has 0 aliphatic heterocycles. The molecule has 1 rings (SSSR count). The smallest absolute Gasteiger partial charge is 0.311 e. The van der Waals surface area contributed by atoms with Gasteiger partial charge in [0.15, 0.2) is 0 Å². The second-order valence-corrected chi connectivity index (χ2v) is 3.54. The molecule has 16 heavy (non-hydrogen) atoms. The number of aliphatic carboxylic acids is 1. The van der Waals surface area contributed by atoms with E-state index in [1.807, 2.05) is 0 Å². The molecule has 0 bridgehead atoms. The molecule has 4 nitrogen and oxygen atoms in total. The third-order valence-corrected chi connectivity index (χ3v) is 2.30. The van der Waals surface area contributed by atoms with Gasteiger partial charge in [-0.25, -0.2) is 0 Å². The van der Waals surface area contributed by atoms with Gasteiger partial charge in [-0.3, -0.25) is 9.59 Å². The lowest BCUT2D eigenvalue weighted by atomic mass is 9.93. The van der Waals surface area contributed by atoms with Crippen molar-refractivity contribution in [2.75, 3.05) is 7.11 Å². The first-order chi connectivity index (χ1) is 7.56. The highest BCUT2D eigenvalue weighted by Crippen LogP contribution is 2.29. The molecule has 0 spiro atoms. The number of carboxylic acid groups (broad SMARTS) is 1. The van der Waals surface area contributed by atoms with Crippen LogP contribution in [0.3, 0.4) is 0 Å². The molecule has 0 saturated heterocycles. The van der Waals surface area contributed by atoms with Crippen molar-refractivity contribution in [3.8, 4) is 5.75 Å². The van der Waals surface area contributed by atoms with Crippen LogP contribution in [-0.2, 0) is 9.59 Å². The maximum absolute atomic E-state index is 11.1. The molecular formula is C12H14O4. The molecule has 1 atom stereocenters. The number of hydrogen-bond acceptors (Lipinski definition) is 3. The molecule has 1 unspecified atom stereocenters. The quantitative estimate of drug-likeness (QED) is 0.825. The van der Waals surface area contributed by atoms with Gasteiger partial charge >= 0.3 is 5.97 Å². The number of ether oxygens (including phenoxy) is 1. The van der Waals surface area contributed by atoms with Gasteiger partial charge in [0.05, 0.1) is 13.0 Å². The van der Waals surface area contributed by atoms with Crippen LogP contribution in [-0.4, -0.2) is 24.0 Å². The maximum Gasteiger partial charge on any atom is 0.311 e. The molecule has 0 fully saturated rings. The van der Waals surface area contributed by atoms with Crippen molar-refractivity contribution >= 4 is 11.8 Å². The number of Topliss-reactive ketones (excluding diaryl/α,β-unsaturated/α-hetero) is 1. The fourth-order valence-corrected chi connectivity index (χ4v) is 1.57. The predicted octanol–water partition coefficient (Wildman–Crippen LogP) is 1.84. The summed E-state index contributed by atoms with van der Waals surface area (Å²) >= 11 is 0. The van der Waals surface area contributed by atoms with Gasteiger partial charge in [-0.15, -0.1) is 0 Å². The zero-order valence-electron chi connectivity index (χ0n) is 9.27. The van der Waals surface area contributed by atoms with E-state index in [0.717, 1.165) is 0 Å². The summed E-state index contributed by atoms with van der Waals surface area (Å²) in [5.41, 5.74) is 0.535.